The summed E-state index contributed by atoms with van der Waals surface area (Å²) in [5, 5.41) is 4.46. The number of carbonyl (C=O) groups is 1. The molecule has 0 unspecified atom stereocenters. The van der Waals surface area contributed by atoms with Crippen LogP contribution in [-0.2, 0) is 19.4 Å². The molecule has 0 saturated heterocycles. The summed E-state index contributed by atoms with van der Waals surface area (Å²) in [6.07, 6.45) is 1.22. The van der Waals surface area contributed by atoms with Crippen LogP contribution >= 0.6 is 15.9 Å². The molecular weight excluding hydrogens is 318 g/mol. The number of Topliss-reactive ketones (excluding diaryl/α,β-unsaturated/α-hetero) is 1. The first-order valence-electron chi connectivity index (χ1n) is 6.68. The maximum atomic E-state index is 12.4. The Morgan fingerprint density at radius 1 is 1.30 bits per heavy atom. The van der Waals surface area contributed by atoms with Gasteiger partial charge >= 0.3 is 0 Å². The van der Waals surface area contributed by atoms with E-state index in [1.165, 1.54) is 0 Å². The number of benzene rings is 1. The molecule has 1 aromatic carbocycles. The van der Waals surface area contributed by atoms with Crippen LogP contribution in [-0.4, -0.2) is 15.6 Å². The van der Waals surface area contributed by atoms with E-state index < -0.39 is 0 Å². The highest BCUT2D eigenvalue weighted by Crippen LogP contribution is 2.19. The average molecular weight is 336 g/mol. The van der Waals surface area contributed by atoms with Crippen LogP contribution in [0, 0.1) is 0 Å². The number of hydrogen-bond donors (Lipinski definition) is 1. The van der Waals surface area contributed by atoms with Gasteiger partial charge in [-0.2, -0.15) is 5.10 Å². The molecule has 0 aliphatic heterocycles. The monoisotopic (exact) mass is 335 g/mol. The van der Waals surface area contributed by atoms with Crippen molar-refractivity contribution in [2.24, 2.45) is 0 Å². The first kappa shape index (κ1) is 14.8. The zero-order chi connectivity index (χ0) is 14.7. The highest BCUT2D eigenvalue weighted by molar-refractivity contribution is 9.10. The largest absolute Gasteiger partial charge is 0.399 e. The van der Waals surface area contributed by atoms with Crippen molar-refractivity contribution < 1.29 is 4.79 Å². The van der Waals surface area contributed by atoms with Crippen LogP contribution in [0.15, 0.2) is 28.7 Å². The van der Waals surface area contributed by atoms with Crippen molar-refractivity contribution in [1.82, 2.24) is 9.78 Å². The number of carbonyl (C=O) groups excluding carboxylic acids is 1. The van der Waals surface area contributed by atoms with E-state index in [1.54, 1.807) is 18.2 Å². The molecule has 0 atom stereocenters. The molecule has 4 nitrogen and oxygen atoms in total. The lowest BCUT2D eigenvalue weighted by Gasteiger charge is -2.05. The van der Waals surface area contributed by atoms with E-state index in [1.807, 2.05) is 17.7 Å². The van der Waals surface area contributed by atoms with Gasteiger partial charge in [-0.1, -0.05) is 22.9 Å². The quantitative estimate of drug-likeness (QED) is 0.674. The third-order valence-corrected chi connectivity index (χ3v) is 3.62. The van der Waals surface area contributed by atoms with E-state index in [0.29, 0.717) is 17.7 Å². The first-order valence-corrected chi connectivity index (χ1v) is 7.47. The molecule has 2 aromatic rings. The summed E-state index contributed by atoms with van der Waals surface area (Å²) >= 11 is 3.36. The van der Waals surface area contributed by atoms with Crippen LogP contribution in [0.4, 0.5) is 5.69 Å². The average Bonchev–Trinajstić information content (AvgIpc) is 2.79. The van der Waals surface area contributed by atoms with E-state index in [0.717, 1.165) is 28.8 Å². The summed E-state index contributed by atoms with van der Waals surface area (Å²) in [5.41, 5.74) is 8.95. The zero-order valence-electron chi connectivity index (χ0n) is 11.7. The molecule has 2 N–H and O–H groups in total. The molecule has 0 bridgehead atoms. The predicted octanol–water partition coefficient (Wildman–Crippen LogP) is 3.24. The van der Waals surface area contributed by atoms with Gasteiger partial charge in [0, 0.05) is 28.0 Å². The van der Waals surface area contributed by atoms with E-state index in [-0.39, 0.29) is 5.78 Å². The Hall–Kier alpha value is -1.62. The van der Waals surface area contributed by atoms with E-state index in [2.05, 4.69) is 28.0 Å². The smallest absolute Gasteiger partial charge is 0.168 e. The van der Waals surface area contributed by atoms with Gasteiger partial charge in [-0.3, -0.25) is 9.48 Å². The summed E-state index contributed by atoms with van der Waals surface area (Å²) in [6, 6.07) is 7.29. The molecule has 0 saturated carbocycles. The number of nitrogens with two attached hydrogens (primary N) is 1. The number of ketones is 1. The summed E-state index contributed by atoms with van der Waals surface area (Å²) in [4.78, 5) is 12.4. The van der Waals surface area contributed by atoms with Crippen molar-refractivity contribution in [2.75, 3.05) is 5.73 Å². The van der Waals surface area contributed by atoms with Crippen molar-refractivity contribution in [2.45, 2.75) is 33.2 Å². The van der Waals surface area contributed by atoms with E-state index >= 15 is 0 Å². The van der Waals surface area contributed by atoms with Crippen LogP contribution in [0.1, 0.15) is 35.6 Å². The minimum absolute atomic E-state index is 0.0512. The van der Waals surface area contributed by atoms with E-state index in [9.17, 15) is 4.79 Å². The van der Waals surface area contributed by atoms with Crippen molar-refractivity contribution >= 4 is 27.4 Å². The number of aryl methyl sites for hydroxylation is 2. The molecule has 106 valence electrons. The van der Waals surface area contributed by atoms with Gasteiger partial charge in [0.25, 0.3) is 0 Å². The molecule has 0 fully saturated rings. The molecular formula is C15H18BrN3O. The number of hydrogen-bond acceptors (Lipinski definition) is 3. The lowest BCUT2D eigenvalue weighted by molar-refractivity contribution is 0.0990. The molecule has 1 aromatic heterocycles. The minimum atomic E-state index is 0.0512. The standard InChI is InChI=1S/C15H18BrN3O/c1-3-13-8-14(19(4-2)18-13)9-15(20)10-5-11(16)7-12(17)6-10/h5-8H,3-4,9,17H2,1-2H3. The second-order valence-electron chi connectivity index (χ2n) is 4.67. The molecule has 1 heterocycles. The van der Waals surface area contributed by atoms with E-state index in [4.69, 9.17) is 5.73 Å². The van der Waals surface area contributed by atoms with Crippen molar-refractivity contribution in [3.63, 3.8) is 0 Å². The topological polar surface area (TPSA) is 60.9 Å². The molecule has 0 spiro atoms. The molecule has 0 aliphatic carbocycles. The van der Waals surface area contributed by atoms with Gasteiger partial charge in [0.05, 0.1) is 12.1 Å². The first-order chi connectivity index (χ1) is 9.53. The molecule has 0 aliphatic rings. The Labute approximate surface area is 127 Å². The number of rotatable bonds is 5. The third-order valence-electron chi connectivity index (χ3n) is 3.16. The molecule has 0 radical (unpaired) electrons. The Balaban J connectivity index is 2.25. The maximum Gasteiger partial charge on any atom is 0.168 e. The Kier molecular flexibility index (Phi) is 4.60. The highest BCUT2D eigenvalue weighted by atomic mass is 79.9. The number of anilines is 1. The summed E-state index contributed by atoms with van der Waals surface area (Å²) in [5.74, 6) is 0.0512. The van der Waals surface area contributed by atoms with Gasteiger partial charge in [0.2, 0.25) is 0 Å². The SMILES string of the molecule is CCc1cc(CC(=O)c2cc(N)cc(Br)c2)n(CC)n1. The number of nitrogen functional groups attached to an aromatic ring is 1. The Morgan fingerprint density at radius 2 is 2.05 bits per heavy atom. The second-order valence-corrected chi connectivity index (χ2v) is 5.59. The lowest BCUT2D eigenvalue weighted by atomic mass is 10.1. The fourth-order valence-corrected chi connectivity index (χ4v) is 2.65. The molecule has 5 heteroatoms. The second kappa shape index (κ2) is 6.22. The van der Waals surface area contributed by atoms with Crippen LogP contribution < -0.4 is 5.73 Å². The molecule has 20 heavy (non-hydrogen) atoms. The van der Waals surface area contributed by atoms with Crippen LogP contribution in [0.3, 0.4) is 0 Å². The van der Waals surface area contributed by atoms with Crippen LogP contribution in [0.25, 0.3) is 0 Å². The van der Waals surface area contributed by atoms with Crippen molar-refractivity contribution in [1.29, 1.82) is 0 Å². The van der Waals surface area contributed by atoms with Crippen molar-refractivity contribution in [3.8, 4) is 0 Å². The van der Waals surface area contributed by atoms with Gasteiger partial charge in [0.1, 0.15) is 0 Å². The Bertz CT molecular complexity index is 614. The van der Waals surface area contributed by atoms with Gasteiger partial charge in [-0.15, -0.1) is 0 Å². The number of halogens is 1. The Morgan fingerprint density at radius 3 is 2.65 bits per heavy atom. The number of nitrogens with zero attached hydrogens (tertiary/aromatic N) is 2. The minimum Gasteiger partial charge on any atom is -0.399 e. The summed E-state index contributed by atoms with van der Waals surface area (Å²) in [7, 11) is 0. The van der Waals surface area contributed by atoms with Crippen LogP contribution in [0.2, 0.25) is 0 Å². The fraction of sp³-hybridized carbons (Fsp3) is 0.333. The highest BCUT2D eigenvalue weighted by Gasteiger charge is 2.13. The number of aromatic nitrogens is 2. The molecule has 2 rings (SSSR count). The predicted molar refractivity (Wildman–Crippen MR) is 83.9 cm³/mol. The normalized spacial score (nSPS) is 10.8. The maximum absolute atomic E-state index is 12.4. The van der Waals surface area contributed by atoms with Crippen molar-refractivity contribution in [3.05, 3.63) is 45.7 Å². The van der Waals surface area contributed by atoms with Gasteiger partial charge in [0.15, 0.2) is 5.78 Å². The lowest BCUT2D eigenvalue weighted by Crippen LogP contribution is -2.10. The summed E-state index contributed by atoms with van der Waals surface area (Å²) in [6.45, 7) is 4.85. The third kappa shape index (κ3) is 3.28. The summed E-state index contributed by atoms with van der Waals surface area (Å²) < 4.78 is 2.71. The van der Waals surface area contributed by atoms with Gasteiger partial charge in [-0.05, 0) is 37.6 Å². The zero-order valence-corrected chi connectivity index (χ0v) is 13.3. The molecule has 0 amide bonds. The van der Waals surface area contributed by atoms with Crippen LogP contribution in [0.5, 0.6) is 0 Å². The fourth-order valence-electron chi connectivity index (χ4n) is 2.14. The van der Waals surface area contributed by atoms with Gasteiger partial charge < -0.3 is 5.73 Å². The van der Waals surface area contributed by atoms with Gasteiger partial charge in [-0.25, -0.2) is 0 Å².